The number of fused-ring (bicyclic) bond motifs is 1. The molecule has 0 aromatic carbocycles. The maximum absolute atomic E-state index is 11.8. The Morgan fingerprint density at radius 2 is 2.12 bits per heavy atom. The number of aliphatic hydroxyl groups excluding tert-OH is 1. The van der Waals surface area contributed by atoms with Crippen LogP contribution < -0.4 is 21.5 Å². The number of rotatable bonds is 3. The fourth-order valence-electron chi connectivity index (χ4n) is 4.78. The summed E-state index contributed by atoms with van der Waals surface area (Å²) in [5.41, 5.74) is 5.56. The third-order valence-electron chi connectivity index (χ3n) is 6.13. The van der Waals surface area contributed by atoms with Crippen LogP contribution in [0.4, 0.5) is 0 Å². The summed E-state index contributed by atoms with van der Waals surface area (Å²) >= 11 is 6.32. The number of halogens is 1. The minimum atomic E-state index is -0.497. The van der Waals surface area contributed by atoms with Crippen LogP contribution in [-0.2, 0) is 4.79 Å². The molecule has 8 nitrogen and oxygen atoms in total. The Morgan fingerprint density at radius 1 is 1.24 bits per heavy atom. The van der Waals surface area contributed by atoms with Gasteiger partial charge in [0, 0.05) is 57.0 Å². The van der Waals surface area contributed by atoms with Gasteiger partial charge in [0.15, 0.2) is 0 Å². The van der Waals surface area contributed by atoms with Crippen molar-refractivity contribution in [2.24, 2.45) is 0 Å². The summed E-state index contributed by atoms with van der Waals surface area (Å²) in [6.07, 6.45) is 3.81. The van der Waals surface area contributed by atoms with Gasteiger partial charge in [0.25, 0.3) is 5.91 Å². The van der Waals surface area contributed by atoms with E-state index in [0.717, 1.165) is 52.0 Å². The molecule has 0 aliphatic carbocycles. The minimum Gasteiger partial charge on any atom is -0.379 e. The molecule has 4 aliphatic rings. The summed E-state index contributed by atoms with van der Waals surface area (Å²) in [5.74, 6) is -0.136. The summed E-state index contributed by atoms with van der Waals surface area (Å²) in [6, 6.07) is 1.36. The van der Waals surface area contributed by atoms with Crippen molar-refractivity contribution in [1.82, 2.24) is 31.3 Å². The van der Waals surface area contributed by atoms with E-state index in [-0.39, 0.29) is 18.2 Å². The fourth-order valence-corrected chi connectivity index (χ4v) is 5.09. The van der Waals surface area contributed by atoms with Crippen LogP contribution in [-0.4, -0.2) is 89.4 Å². The van der Waals surface area contributed by atoms with Crippen molar-refractivity contribution in [2.45, 2.75) is 61.5 Å². The third kappa shape index (κ3) is 3.80. The Balaban J connectivity index is 1.32. The van der Waals surface area contributed by atoms with Crippen LogP contribution >= 0.6 is 11.6 Å². The molecule has 4 aliphatic heterocycles. The Hall–Kier alpha value is -0.480. The van der Waals surface area contributed by atoms with Crippen LogP contribution in [0.1, 0.15) is 25.7 Å². The number of carbonyl (C=O) groups is 1. The second kappa shape index (κ2) is 7.64. The highest BCUT2D eigenvalue weighted by molar-refractivity contribution is 6.31. The summed E-state index contributed by atoms with van der Waals surface area (Å²) in [5, 5.41) is 16.3. The van der Waals surface area contributed by atoms with Crippen molar-refractivity contribution in [3.63, 3.8) is 0 Å². The number of piperidine rings is 2. The maximum Gasteiger partial charge on any atom is 0.253 e. The molecule has 0 spiro atoms. The molecule has 6 unspecified atom stereocenters. The standard InChI is InChI=1S/C16H29ClN6O2/c17-15-13(6-19-21-16(15)25)22-5-4-12-11(8-22)18-9-23(12)7-10-2-1-3-14(24)20-10/h10-15,18-20,24H,1-9H2,(H,21,25). The van der Waals surface area contributed by atoms with Gasteiger partial charge in [0.2, 0.25) is 0 Å². The molecule has 0 aromatic rings. The number of carbonyl (C=O) groups excluding carboxylic acids is 1. The SMILES string of the molecule is O=C1NNCC(N2CCC3C(C2)NCN3CC2CCCC(O)N2)C1Cl. The first-order valence-corrected chi connectivity index (χ1v) is 9.88. The van der Waals surface area contributed by atoms with Crippen LogP contribution in [0.25, 0.3) is 0 Å². The average molecular weight is 373 g/mol. The summed E-state index contributed by atoms with van der Waals surface area (Å²) in [6.45, 7) is 4.44. The topological polar surface area (TPSA) is 91.9 Å². The van der Waals surface area contributed by atoms with Gasteiger partial charge in [-0.25, -0.2) is 5.43 Å². The number of amides is 1. The smallest absolute Gasteiger partial charge is 0.253 e. The molecule has 1 amide bonds. The number of nitrogens with zero attached hydrogens (tertiary/aromatic N) is 2. The van der Waals surface area contributed by atoms with Crippen molar-refractivity contribution in [3.8, 4) is 0 Å². The molecule has 6 atom stereocenters. The predicted molar refractivity (Wildman–Crippen MR) is 94.8 cm³/mol. The average Bonchev–Trinajstić information content (AvgIpc) is 2.99. The van der Waals surface area contributed by atoms with Crippen LogP contribution in [0.2, 0.25) is 0 Å². The number of aliphatic hydroxyl groups is 1. The largest absolute Gasteiger partial charge is 0.379 e. The summed E-state index contributed by atoms with van der Waals surface area (Å²) in [7, 11) is 0. The van der Waals surface area contributed by atoms with Crippen LogP contribution in [0.15, 0.2) is 0 Å². The van der Waals surface area contributed by atoms with Gasteiger partial charge in [-0.2, -0.15) is 0 Å². The van der Waals surface area contributed by atoms with Gasteiger partial charge >= 0.3 is 0 Å². The molecule has 0 saturated carbocycles. The quantitative estimate of drug-likeness (QED) is 0.380. The monoisotopic (exact) mass is 372 g/mol. The molecule has 4 rings (SSSR count). The molecule has 25 heavy (non-hydrogen) atoms. The van der Waals surface area contributed by atoms with Crippen LogP contribution in [0.3, 0.4) is 0 Å². The highest BCUT2D eigenvalue weighted by Gasteiger charge is 2.43. The van der Waals surface area contributed by atoms with Crippen LogP contribution in [0, 0.1) is 0 Å². The third-order valence-corrected chi connectivity index (χ3v) is 6.62. The van der Waals surface area contributed by atoms with E-state index in [1.165, 1.54) is 0 Å². The van der Waals surface area contributed by atoms with E-state index >= 15 is 0 Å². The normalized spacial score (nSPS) is 43.7. The number of hydrogen-bond acceptors (Lipinski definition) is 7. The van der Waals surface area contributed by atoms with Gasteiger partial charge in [-0.1, -0.05) is 0 Å². The first-order valence-electron chi connectivity index (χ1n) is 9.44. The van der Waals surface area contributed by atoms with Crippen molar-refractivity contribution < 1.29 is 9.90 Å². The predicted octanol–water partition coefficient (Wildman–Crippen LogP) is -1.64. The molecule has 4 fully saturated rings. The second-order valence-corrected chi connectivity index (χ2v) is 8.21. The van der Waals surface area contributed by atoms with Gasteiger partial charge in [-0.05, 0) is 25.7 Å². The summed E-state index contributed by atoms with van der Waals surface area (Å²) in [4.78, 5) is 16.7. The van der Waals surface area contributed by atoms with E-state index in [0.29, 0.717) is 24.7 Å². The lowest BCUT2D eigenvalue weighted by molar-refractivity contribution is -0.125. The first-order chi connectivity index (χ1) is 12.1. The molecule has 0 bridgehead atoms. The number of alkyl halides is 1. The first kappa shape index (κ1) is 17.9. The molecule has 0 radical (unpaired) electrons. The molecule has 9 heteroatoms. The van der Waals surface area contributed by atoms with Crippen LogP contribution in [0.5, 0.6) is 0 Å². The number of hydrazine groups is 1. The van der Waals surface area contributed by atoms with E-state index in [2.05, 4.69) is 31.3 Å². The zero-order chi connectivity index (χ0) is 17.4. The van der Waals surface area contributed by atoms with E-state index in [9.17, 15) is 9.90 Å². The van der Waals surface area contributed by atoms with Gasteiger partial charge in [-0.3, -0.25) is 30.7 Å². The number of nitrogens with one attached hydrogen (secondary N) is 4. The molecule has 142 valence electrons. The maximum atomic E-state index is 11.8. The lowest BCUT2D eigenvalue weighted by Gasteiger charge is -2.44. The zero-order valence-electron chi connectivity index (χ0n) is 14.5. The molecule has 5 N–H and O–H groups in total. The lowest BCUT2D eigenvalue weighted by atomic mass is 9.96. The van der Waals surface area contributed by atoms with Gasteiger partial charge < -0.3 is 5.11 Å². The number of hydrogen-bond donors (Lipinski definition) is 5. The molecule has 4 heterocycles. The van der Waals surface area contributed by atoms with Crippen molar-refractivity contribution >= 4 is 17.5 Å². The fraction of sp³-hybridized carbons (Fsp3) is 0.938. The summed E-state index contributed by atoms with van der Waals surface area (Å²) < 4.78 is 0. The molecule has 0 aromatic heterocycles. The zero-order valence-corrected chi connectivity index (χ0v) is 15.2. The minimum absolute atomic E-state index is 0.0439. The van der Waals surface area contributed by atoms with Crippen molar-refractivity contribution in [3.05, 3.63) is 0 Å². The Kier molecular flexibility index (Phi) is 5.47. The lowest BCUT2D eigenvalue weighted by Crippen LogP contribution is -2.65. The molecular formula is C16H29ClN6O2. The molecular weight excluding hydrogens is 344 g/mol. The van der Waals surface area contributed by atoms with Crippen molar-refractivity contribution in [1.29, 1.82) is 0 Å². The Labute approximate surface area is 153 Å². The highest BCUT2D eigenvalue weighted by Crippen LogP contribution is 2.26. The van der Waals surface area contributed by atoms with E-state index < -0.39 is 5.38 Å². The number of likely N-dealkylation sites (tertiary alicyclic amines) is 1. The highest BCUT2D eigenvalue weighted by atomic mass is 35.5. The Bertz CT molecular complexity index is 497. The van der Waals surface area contributed by atoms with Gasteiger partial charge in [-0.15, -0.1) is 11.6 Å². The van der Waals surface area contributed by atoms with Gasteiger partial charge in [0.1, 0.15) is 11.6 Å². The van der Waals surface area contributed by atoms with E-state index in [4.69, 9.17) is 11.6 Å². The Morgan fingerprint density at radius 3 is 2.96 bits per heavy atom. The second-order valence-electron chi connectivity index (χ2n) is 7.74. The molecule has 4 saturated heterocycles. The van der Waals surface area contributed by atoms with E-state index in [1.54, 1.807) is 0 Å². The van der Waals surface area contributed by atoms with Gasteiger partial charge in [0.05, 0.1) is 0 Å². The van der Waals surface area contributed by atoms with E-state index in [1.807, 2.05) is 0 Å². The van der Waals surface area contributed by atoms with Crippen molar-refractivity contribution in [2.75, 3.05) is 32.8 Å².